The second kappa shape index (κ2) is 9.36. The van der Waals surface area contributed by atoms with Crippen molar-refractivity contribution in [2.75, 3.05) is 26.2 Å². The van der Waals surface area contributed by atoms with Crippen LogP contribution in [0.1, 0.15) is 46.6 Å². The fourth-order valence-corrected chi connectivity index (χ4v) is 3.63. The lowest BCUT2D eigenvalue weighted by Gasteiger charge is -2.39. The van der Waals surface area contributed by atoms with Crippen molar-refractivity contribution in [2.45, 2.75) is 59.5 Å². The lowest BCUT2D eigenvalue weighted by Crippen LogP contribution is -2.58. The Morgan fingerprint density at radius 3 is 2.52 bits per heavy atom. The van der Waals surface area contributed by atoms with Crippen LogP contribution in [0.25, 0.3) is 0 Å². The van der Waals surface area contributed by atoms with E-state index in [0.717, 1.165) is 19.5 Å². The summed E-state index contributed by atoms with van der Waals surface area (Å²) in [4.78, 5) is 29.6. The minimum Gasteiger partial charge on any atom is -0.353 e. The quantitative estimate of drug-likeness (QED) is 0.799. The first-order valence-corrected chi connectivity index (χ1v) is 10.0. The highest BCUT2D eigenvalue weighted by Crippen LogP contribution is 2.20. The minimum atomic E-state index is -0.372. The Labute approximate surface area is 164 Å². The summed E-state index contributed by atoms with van der Waals surface area (Å²) < 4.78 is 0. The van der Waals surface area contributed by atoms with Crippen molar-refractivity contribution in [1.82, 2.24) is 15.1 Å². The molecule has 1 atom stereocenters. The summed E-state index contributed by atoms with van der Waals surface area (Å²) in [6.07, 6.45) is 1.07. The molecule has 1 fully saturated rings. The van der Waals surface area contributed by atoms with E-state index in [9.17, 15) is 9.59 Å². The van der Waals surface area contributed by atoms with Gasteiger partial charge in [0.1, 0.15) is 0 Å². The summed E-state index contributed by atoms with van der Waals surface area (Å²) >= 11 is 0. The topological polar surface area (TPSA) is 52.7 Å². The highest BCUT2D eigenvalue weighted by Gasteiger charge is 2.35. The molecule has 1 heterocycles. The van der Waals surface area contributed by atoms with Crippen molar-refractivity contribution >= 4 is 11.8 Å². The van der Waals surface area contributed by atoms with E-state index in [1.165, 1.54) is 5.56 Å². The smallest absolute Gasteiger partial charge is 0.237 e. The van der Waals surface area contributed by atoms with Gasteiger partial charge < -0.3 is 10.2 Å². The van der Waals surface area contributed by atoms with E-state index in [2.05, 4.69) is 43.1 Å². The Morgan fingerprint density at radius 2 is 1.93 bits per heavy atom. The summed E-state index contributed by atoms with van der Waals surface area (Å²) in [5.41, 5.74) is 1.31. The third-order valence-corrected chi connectivity index (χ3v) is 4.91. The molecule has 0 aliphatic carbocycles. The zero-order chi connectivity index (χ0) is 20.0. The standard InChI is InChI=1S/C22H35N3O2/c1-17(2)25(13-11-18-9-7-6-8-10-18)20(26)15-19-21(27)23-12-14-24(19)16-22(3,4)5/h6-10,17,19H,11-16H2,1-5H3,(H,23,27). The molecule has 150 valence electrons. The molecular weight excluding hydrogens is 338 g/mol. The molecule has 1 N–H and O–H groups in total. The number of hydrogen-bond acceptors (Lipinski definition) is 3. The second-order valence-corrected chi connectivity index (χ2v) is 8.96. The average molecular weight is 374 g/mol. The molecule has 1 saturated heterocycles. The number of amides is 2. The summed E-state index contributed by atoms with van der Waals surface area (Å²) in [6.45, 7) is 13.5. The van der Waals surface area contributed by atoms with Crippen LogP contribution in [0.15, 0.2) is 30.3 Å². The van der Waals surface area contributed by atoms with Gasteiger partial charge in [-0.15, -0.1) is 0 Å². The van der Waals surface area contributed by atoms with Gasteiger partial charge in [0.2, 0.25) is 11.8 Å². The molecule has 1 aromatic carbocycles. The molecule has 0 aromatic heterocycles. The summed E-state index contributed by atoms with van der Waals surface area (Å²) in [5.74, 6) is 0.0347. The molecule has 1 unspecified atom stereocenters. The van der Waals surface area contributed by atoms with Crippen LogP contribution in [-0.4, -0.2) is 59.9 Å². The molecule has 0 radical (unpaired) electrons. The highest BCUT2D eigenvalue weighted by molar-refractivity contribution is 5.89. The van der Waals surface area contributed by atoms with Gasteiger partial charge in [0.05, 0.1) is 12.5 Å². The molecule has 27 heavy (non-hydrogen) atoms. The fourth-order valence-electron chi connectivity index (χ4n) is 3.63. The van der Waals surface area contributed by atoms with Crippen LogP contribution >= 0.6 is 0 Å². The van der Waals surface area contributed by atoms with E-state index in [-0.39, 0.29) is 35.7 Å². The Bertz CT molecular complexity index is 622. The number of piperazine rings is 1. The normalized spacial score (nSPS) is 18.4. The van der Waals surface area contributed by atoms with Crippen LogP contribution < -0.4 is 5.32 Å². The van der Waals surface area contributed by atoms with Gasteiger partial charge in [0.25, 0.3) is 0 Å². The van der Waals surface area contributed by atoms with E-state index >= 15 is 0 Å². The lowest BCUT2D eigenvalue weighted by molar-refractivity contribution is -0.140. The molecule has 5 nitrogen and oxygen atoms in total. The number of nitrogens with zero attached hydrogens (tertiary/aromatic N) is 2. The first-order chi connectivity index (χ1) is 12.7. The fraction of sp³-hybridized carbons (Fsp3) is 0.636. The first-order valence-electron chi connectivity index (χ1n) is 10.0. The average Bonchev–Trinajstić information content (AvgIpc) is 2.57. The monoisotopic (exact) mass is 373 g/mol. The molecule has 2 rings (SSSR count). The van der Waals surface area contributed by atoms with Gasteiger partial charge in [0, 0.05) is 32.2 Å². The van der Waals surface area contributed by atoms with E-state index in [0.29, 0.717) is 13.1 Å². The molecule has 1 aliphatic rings. The van der Waals surface area contributed by atoms with E-state index in [4.69, 9.17) is 0 Å². The molecule has 5 heteroatoms. The number of hydrogen-bond donors (Lipinski definition) is 1. The minimum absolute atomic E-state index is 0.0226. The van der Waals surface area contributed by atoms with Crippen molar-refractivity contribution in [3.63, 3.8) is 0 Å². The van der Waals surface area contributed by atoms with Crippen molar-refractivity contribution in [3.05, 3.63) is 35.9 Å². The Kier molecular flexibility index (Phi) is 7.42. The Hall–Kier alpha value is -1.88. The van der Waals surface area contributed by atoms with E-state index in [1.807, 2.05) is 36.9 Å². The van der Waals surface area contributed by atoms with E-state index < -0.39 is 0 Å². The zero-order valence-corrected chi connectivity index (χ0v) is 17.5. The maximum Gasteiger partial charge on any atom is 0.237 e. The van der Waals surface area contributed by atoms with E-state index in [1.54, 1.807) is 0 Å². The third kappa shape index (κ3) is 6.65. The van der Waals surface area contributed by atoms with Crippen LogP contribution in [-0.2, 0) is 16.0 Å². The lowest BCUT2D eigenvalue weighted by atomic mass is 9.94. The van der Waals surface area contributed by atoms with Gasteiger partial charge in [-0.25, -0.2) is 0 Å². The van der Waals surface area contributed by atoms with Gasteiger partial charge in [-0.3, -0.25) is 14.5 Å². The van der Waals surface area contributed by atoms with Gasteiger partial charge in [-0.1, -0.05) is 51.1 Å². The van der Waals surface area contributed by atoms with Gasteiger partial charge in [-0.2, -0.15) is 0 Å². The second-order valence-electron chi connectivity index (χ2n) is 8.96. The van der Waals surface area contributed by atoms with Crippen molar-refractivity contribution in [2.24, 2.45) is 5.41 Å². The summed E-state index contributed by atoms with van der Waals surface area (Å²) in [7, 11) is 0. The zero-order valence-electron chi connectivity index (χ0n) is 17.5. The molecular formula is C22H35N3O2. The van der Waals surface area contributed by atoms with Crippen LogP contribution in [0.4, 0.5) is 0 Å². The predicted molar refractivity (Wildman–Crippen MR) is 109 cm³/mol. The van der Waals surface area contributed by atoms with Crippen molar-refractivity contribution < 1.29 is 9.59 Å². The van der Waals surface area contributed by atoms with Crippen LogP contribution in [0, 0.1) is 5.41 Å². The van der Waals surface area contributed by atoms with Gasteiger partial charge >= 0.3 is 0 Å². The van der Waals surface area contributed by atoms with Crippen LogP contribution in [0.2, 0.25) is 0 Å². The Balaban J connectivity index is 2.04. The molecule has 2 amide bonds. The summed E-state index contributed by atoms with van der Waals surface area (Å²) in [6, 6.07) is 9.96. The van der Waals surface area contributed by atoms with Crippen LogP contribution in [0.3, 0.4) is 0 Å². The predicted octanol–water partition coefficient (Wildman–Crippen LogP) is 2.70. The number of benzene rings is 1. The largest absolute Gasteiger partial charge is 0.353 e. The van der Waals surface area contributed by atoms with Crippen molar-refractivity contribution in [1.29, 1.82) is 0 Å². The number of rotatable bonds is 7. The summed E-state index contributed by atoms with van der Waals surface area (Å²) in [5, 5.41) is 2.93. The third-order valence-electron chi connectivity index (χ3n) is 4.91. The van der Waals surface area contributed by atoms with Crippen LogP contribution in [0.5, 0.6) is 0 Å². The maximum atomic E-state index is 13.1. The maximum absolute atomic E-state index is 13.1. The molecule has 0 bridgehead atoms. The number of carbonyl (C=O) groups is 2. The molecule has 0 spiro atoms. The first kappa shape index (κ1) is 21.4. The number of carbonyl (C=O) groups excluding carboxylic acids is 2. The number of nitrogens with one attached hydrogen (secondary N) is 1. The highest BCUT2D eigenvalue weighted by atomic mass is 16.2. The molecule has 1 aliphatic heterocycles. The molecule has 1 aromatic rings. The SMILES string of the molecule is CC(C)N(CCc1ccccc1)C(=O)CC1C(=O)NCCN1CC(C)(C)C. The Morgan fingerprint density at radius 1 is 1.26 bits per heavy atom. The van der Waals surface area contributed by atoms with Gasteiger partial charge in [0.15, 0.2) is 0 Å². The van der Waals surface area contributed by atoms with Gasteiger partial charge in [-0.05, 0) is 31.2 Å². The van der Waals surface area contributed by atoms with Crippen molar-refractivity contribution in [3.8, 4) is 0 Å². The molecule has 0 saturated carbocycles.